The largest absolute Gasteiger partial charge is 0.444 e. The molecule has 1 spiro atoms. The summed E-state index contributed by atoms with van der Waals surface area (Å²) >= 11 is 0. The van der Waals surface area contributed by atoms with Crippen LogP contribution in [0.3, 0.4) is 0 Å². The number of carbonyl (C=O) groups excluding carboxylic acids is 1. The van der Waals surface area contributed by atoms with Crippen molar-refractivity contribution in [2.45, 2.75) is 70.2 Å². The first-order valence-corrected chi connectivity index (χ1v) is 7.69. The van der Waals surface area contributed by atoms with Gasteiger partial charge in [-0.15, -0.1) is 0 Å². The molecule has 0 aromatic heterocycles. The summed E-state index contributed by atoms with van der Waals surface area (Å²) in [5.41, 5.74) is 5.24. The summed E-state index contributed by atoms with van der Waals surface area (Å²) in [7, 11) is 0. The highest BCUT2D eigenvalue weighted by molar-refractivity contribution is 5.68. The van der Waals surface area contributed by atoms with Crippen LogP contribution in [0.4, 0.5) is 4.79 Å². The van der Waals surface area contributed by atoms with Crippen LogP contribution >= 0.6 is 0 Å². The second-order valence-corrected chi connectivity index (χ2v) is 7.02. The first-order valence-electron chi connectivity index (χ1n) is 7.69. The van der Waals surface area contributed by atoms with Gasteiger partial charge in [0, 0.05) is 19.6 Å². The highest BCUT2D eigenvalue weighted by atomic mass is 16.6. The zero-order valence-electron chi connectivity index (χ0n) is 13.0. The first-order chi connectivity index (χ1) is 9.34. The van der Waals surface area contributed by atoms with Crippen LogP contribution in [0.1, 0.15) is 52.9 Å². The molecular weight excluding hydrogens is 256 g/mol. The second kappa shape index (κ2) is 5.90. The van der Waals surface area contributed by atoms with Gasteiger partial charge in [0.25, 0.3) is 0 Å². The Morgan fingerprint density at radius 3 is 2.55 bits per heavy atom. The molecule has 0 aromatic carbocycles. The van der Waals surface area contributed by atoms with Crippen LogP contribution in [0, 0.1) is 0 Å². The van der Waals surface area contributed by atoms with Gasteiger partial charge in [0.1, 0.15) is 5.60 Å². The fourth-order valence-electron chi connectivity index (χ4n) is 3.08. The van der Waals surface area contributed by atoms with Crippen molar-refractivity contribution in [3.8, 4) is 0 Å². The van der Waals surface area contributed by atoms with E-state index in [0.29, 0.717) is 19.6 Å². The zero-order valence-corrected chi connectivity index (χ0v) is 13.0. The quantitative estimate of drug-likeness (QED) is 0.802. The maximum absolute atomic E-state index is 12.0. The van der Waals surface area contributed by atoms with Crippen molar-refractivity contribution in [3.05, 3.63) is 0 Å². The lowest BCUT2D eigenvalue weighted by Gasteiger charge is -2.46. The van der Waals surface area contributed by atoms with Crippen molar-refractivity contribution >= 4 is 6.09 Å². The number of amides is 1. The van der Waals surface area contributed by atoms with Crippen LogP contribution in [-0.4, -0.2) is 47.9 Å². The minimum atomic E-state index is -0.432. The van der Waals surface area contributed by atoms with Gasteiger partial charge in [0.05, 0.1) is 11.7 Å². The lowest BCUT2D eigenvalue weighted by atomic mass is 9.83. The molecule has 2 heterocycles. The van der Waals surface area contributed by atoms with Gasteiger partial charge in [-0.2, -0.15) is 0 Å². The minimum absolute atomic E-state index is 0.0548. The molecule has 0 aliphatic carbocycles. The average molecular weight is 284 g/mol. The predicted octanol–water partition coefficient (Wildman–Crippen LogP) is 2.28. The number of nitrogens with zero attached hydrogens (tertiary/aromatic N) is 1. The van der Waals surface area contributed by atoms with E-state index in [4.69, 9.17) is 15.2 Å². The molecule has 1 atom stereocenters. The molecule has 116 valence electrons. The van der Waals surface area contributed by atoms with Crippen molar-refractivity contribution in [2.75, 3.05) is 19.6 Å². The lowest BCUT2D eigenvalue weighted by molar-refractivity contribution is -0.148. The van der Waals surface area contributed by atoms with Crippen molar-refractivity contribution in [3.63, 3.8) is 0 Å². The first kappa shape index (κ1) is 15.6. The maximum atomic E-state index is 12.0. The molecule has 0 bridgehead atoms. The minimum Gasteiger partial charge on any atom is -0.444 e. The van der Waals surface area contributed by atoms with E-state index in [1.165, 1.54) is 6.42 Å². The van der Waals surface area contributed by atoms with Gasteiger partial charge >= 0.3 is 6.09 Å². The zero-order chi connectivity index (χ0) is 14.8. The monoisotopic (exact) mass is 284 g/mol. The molecule has 2 fully saturated rings. The van der Waals surface area contributed by atoms with Crippen LogP contribution in [0.5, 0.6) is 0 Å². The number of ether oxygens (including phenoxy) is 2. The third kappa shape index (κ3) is 3.85. The Labute approximate surface area is 121 Å². The molecule has 5 heteroatoms. The molecule has 2 aliphatic heterocycles. The van der Waals surface area contributed by atoms with E-state index < -0.39 is 5.60 Å². The average Bonchev–Trinajstić information content (AvgIpc) is 2.37. The van der Waals surface area contributed by atoms with Crippen LogP contribution in [-0.2, 0) is 9.47 Å². The number of carbonyl (C=O) groups is 1. The van der Waals surface area contributed by atoms with Gasteiger partial charge in [-0.05, 0) is 52.9 Å². The van der Waals surface area contributed by atoms with Gasteiger partial charge in [-0.25, -0.2) is 4.79 Å². The van der Waals surface area contributed by atoms with Gasteiger partial charge in [-0.1, -0.05) is 0 Å². The molecule has 2 aliphatic rings. The molecule has 5 nitrogen and oxygen atoms in total. The van der Waals surface area contributed by atoms with Crippen molar-refractivity contribution in [1.82, 2.24) is 4.90 Å². The highest BCUT2D eigenvalue weighted by Gasteiger charge is 2.41. The number of hydrogen-bond donors (Lipinski definition) is 1. The molecule has 1 amide bonds. The smallest absolute Gasteiger partial charge is 0.410 e. The Bertz CT molecular complexity index is 344. The Kier molecular flexibility index (Phi) is 4.59. The molecule has 2 N–H and O–H groups in total. The topological polar surface area (TPSA) is 64.8 Å². The third-order valence-electron chi connectivity index (χ3n) is 4.16. The van der Waals surface area contributed by atoms with Crippen molar-refractivity contribution < 1.29 is 14.3 Å². The number of piperidine rings is 1. The van der Waals surface area contributed by atoms with E-state index in [-0.39, 0.29) is 17.8 Å². The molecule has 0 saturated carbocycles. The maximum Gasteiger partial charge on any atom is 0.410 e. The number of hydrogen-bond acceptors (Lipinski definition) is 4. The van der Waals surface area contributed by atoms with Crippen molar-refractivity contribution in [1.29, 1.82) is 0 Å². The summed E-state index contributed by atoms with van der Waals surface area (Å²) in [6, 6.07) is 0. The molecule has 0 radical (unpaired) electrons. The molecule has 20 heavy (non-hydrogen) atoms. The van der Waals surface area contributed by atoms with E-state index in [2.05, 4.69) is 0 Å². The van der Waals surface area contributed by atoms with Gasteiger partial charge in [-0.3, -0.25) is 0 Å². The summed E-state index contributed by atoms with van der Waals surface area (Å²) in [6.45, 7) is 7.71. The summed E-state index contributed by atoms with van der Waals surface area (Å²) < 4.78 is 11.6. The normalized spacial score (nSPS) is 26.6. The van der Waals surface area contributed by atoms with Crippen LogP contribution in [0.2, 0.25) is 0 Å². The number of rotatable bonds is 1. The van der Waals surface area contributed by atoms with Gasteiger partial charge < -0.3 is 20.1 Å². The molecule has 2 saturated heterocycles. The predicted molar refractivity (Wildman–Crippen MR) is 77.6 cm³/mol. The summed E-state index contributed by atoms with van der Waals surface area (Å²) in [6.07, 6.45) is 5.09. The fraction of sp³-hybridized carbons (Fsp3) is 0.933. The number of likely N-dealkylation sites (tertiary alicyclic amines) is 1. The van der Waals surface area contributed by atoms with Gasteiger partial charge in [0.15, 0.2) is 0 Å². The molecule has 2 rings (SSSR count). The summed E-state index contributed by atoms with van der Waals surface area (Å²) in [5.74, 6) is 0. The van der Waals surface area contributed by atoms with E-state index in [9.17, 15) is 4.79 Å². The van der Waals surface area contributed by atoms with Crippen LogP contribution in [0.25, 0.3) is 0 Å². The van der Waals surface area contributed by atoms with Gasteiger partial charge in [0.2, 0.25) is 0 Å². The van der Waals surface area contributed by atoms with E-state index >= 15 is 0 Å². The van der Waals surface area contributed by atoms with Crippen LogP contribution < -0.4 is 5.73 Å². The number of nitrogens with two attached hydrogens (primary N) is 1. The van der Waals surface area contributed by atoms with E-state index in [1.807, 2.05) is 20.8 Å². The molecule has 1 unspecified atom stereocenters. The Hall–Kier alpha value is -0.810. The standard InChI is InChI=1S/C15H28N2O3/c1-14(2,3)20-13(18)17-9-7-15(8-10-17)6-4-5-12(11-16)19-15/h12H,4-11,16H2,1-3H3. The lowest BCUT2D eigenvalue weighted by Crippen LogP contribution is -2.52. The Balaban J connectivity index is 1.87. The fourth-order valence-corrected chi connectivity index (χ4v) is 3.08. The van der Waals surface area contributed by atoms with Crippen LogP contribution in [0.15, 0.2) is 0 Å². The van der Waals surface area contributed by atoms with E-state index in [0.717, 1.165) is 25.7 Å². The Morgan fingerprint density at radius 2 is 2.00 bits per heavy atom. The van der Waals surface area contributed by atoms with E-state index in [1.54, 1.807) is 4.90 Å². The third-order valence-corrected chi connectivity index (χ3v) is 4.16. The molecule has 0 aromatic rings. The summed E-state index contributed by atoms with van der Waals surface area (Å²) in [4.78, 5) is 13.8. The van der Waals surface area contributed by atoms with Crippen molar-refractivity contribution in [2.24, 2.45) is 5.73 Å². The summed E-state index contributed by atoms with van der Waals surface area (Å²) in [5, 5.41) is 0. The molecular formula is C15H28N2O3. The SMILES string of the molecule is CC(C)(C)OC(=O)N1CCC2(CCCC(CN)O2)CC1. The second-order valence-electron chi connectivity index (χ2n) is 7.02. The highest BCUT2D eigenvalue weighted by Crippen LogP contribution is 2.37. The Morgan fingerprint density at radius 1 is 1.35 bits per heavy atom.